The van der Waals surface area contributed by atoms with Gasteiger partial charge in [-0.1, -0.05) is 12.1 Å². The van der Waals surface area contributed by atoms with Gasteiger partial charge in [0, 0.05) is 18.2 Å². The third-order valence-electron chi connectivity index (χ3n) is 3.68. The molecule has 1 aliphatic rings. The van der Waals surface area contributed by atoms with Crippen molar-refractivity contribution < 1.29 is 23.7 Å². The molecular weight excluding hydrogens is 296 g/mol. The molecule has 5 heteroatoms. The average Bonchev–Trinajstić information content (AvgIpc) is 2.58. The summed E-state index contributed by atoms with van der Waals surface area (Å²) in [7, 11) is 1.58. The molecule has 0 aliphatic carbocycles. The van der Waals surface area contributed by atoms with E-state index in [0.717, 1.165) is 29.9 Å². The van der Waals surface area contributed by atoms with E-state index in [2.05, 4.69) is 0 Å². The molecule has 0 spiro atoms. The van der Waals surface area contributed by atoms with Crippen LogP contribution in [0.25, 0.3) is 0 Å². The van der Waals surface area contributed by atoms with Crippen molar-refractivity contribution in [3.8, 4) is 11.5 Å². The zero-order chi connectivity index (χ0) is 16.7. The van der Waals surface area contributed by atoms with Crippen molar-refractivity contribution in [3.63, 3.8) is 0 Å². The standard InChI is InChI=1S/C18H24O5/c1-4-21-18(19)13(2)7-9-15-16(23-12-20-3)10-8-14-6-5-11-22-17(14)15/h7-8,10H,4-6,9,11-12H2,1-3H3. The fourth-order valence-corrected chi connectivity index (χ4v) is 2.51. The highest BCUT2D eigenvalue weighted by atomic mass is 16.7. The SMILES string of the molecule is CCOC(=O)C(C)=CCc1c(OCOC)ccc2c1OCCC2. The van der Waals surface area contributed by atoms with Crippen LogP contribution in [0.1, 0.15) is 31.4 Å². The summed E-state index contributed by atoms with van der Waals surface area (Å²) in [6.45, 7) is 4.80. The molecule has 126 valence electrons. The van der Waals surface area contributed by atoms with Crippen LogP contribution in [0, 0.1) is 0 Å². The van der Waals surface area contributed by atoms with Gasteiger partial charge in [-0.2, -0.15) is 0 Å². The highest BCUT2D eigenvalue weighted by Gasteiger charge is 2.19. The molecule has 1 aromatic rings. The number of hydrogen-bond donors (Lipinski definition) is 0. The van der Waals surface area contributed by atoms with Crippen LogP contribution in [0.5, 0.6) is 11.5 Å². The highest BCUT2D eigenvalue weighted by Crippen LogP contribution is 2.36. The molecule has 5 nitrogen and oxygen atoms in total. The molecule has 23 heavy (non-hydrogen) atoms. The van der Waals surface area contributed by atoms with Gasteiger partial charge in [0.15, 0.2) is 6.79 Å². The van der Waals surface area contributed by atoms with E-state index in [1.165, 1.54) is 5.56 Å². The second kappa shape index (κ2) is 8.58. The monoisotopic (exact) mass is 320 g/mol. The van der Waals surface area contributed by atoms with Gasteiger partial charge >= 0.3 is 5.97 Å². The first-order chi connectivity index (χ1) is 11.2. The topological polar surface area (TPSA) is 54.0 Å². The summed E-state index contributed by atoms with van der Waals surface area (Å²) in [6.07, 6.45) is 4.41. The van der Waals surface area contributed by atoms with E-state index in [4.69, 9.17) is 18.9 Å². The summed E-state index contributed by atoms with van der Waals surface area (Å²) in [6, 6.07) is 3.97. The number of carbonyl (C=O) groups excluding carboxylic acids is 1. The van der Waals surface area contributed by atoms with Crippen molar-refractivity contribution in [3.05, 3.63) is 34.9 Å². The Kier molecular flexibility index (Phi) is 6.47. The Bertz CT molecular complexity index is 577. The largest absolute Gasteiger partial charge is 0.493 e. The minimum atomic E-state index is -0.294. The predicted molar refractivity (Wildman–Crippen MR) is 86.9 cm³/mol. The summed E-state index contributed by atoms with van der Waals surface area (Å²) in [4.78, 5) is 11.7. The lowest BCUT2D eigenvalue weighted by Gasteiger charge is -2.22. The third-order valence-corrected chi connectivity index (χ3v) is 3.68. The molecule has 0 saturated heterocycles. The van der Waals surface area contributed by atoms with Gasteiger partial charge in [0.25, 0.3) is 0 Å². The lowest BCUT2D eigenvalue weighted by atomic mass is 9.99. The maximum absolute atomic E-state index is 11.7. The molecule has 0 amide bonds. The molecule has 1 aromatic carbocycles. The molecule has 0 unspecified atom stereocenters. The smallest absolute Gasteiger partial charge is 0.333 e. The van der Waals surface area contributed by atoms with Gasteiger partial charge in [-0.25, -0.2) is 4.79 Å². The first kappa shape index (κ1) is 17.3. The van der Waals surface area contributed by atoms with Crippen molar-refractivity contribution >= 4 is 5.97 Å². The van der Waals surface area contributed by atoms with E-state index < -0.39 is 0 Å². The van der Waals surface area contributed by atoms with Crippen LogP contribution in [0.4, 0.5) is 0 Å². The predicted octanol–water partition coefficient (Wildman–Crippen LogP) is 3.05. The van der Waals surface area contributed by atoms with E-state index in [0.29, 0.717) is 25.2 Å². The zero-order valence-corrected chi connectivity index (χ0v) is 14.0. The second-order valence-corrected chi connectivity index (χ2v) is 5.35. The molecular formula is C18H24O5. The first-order valence-corrected chi connectivity index (χ1v) is 7.90. The van der Waals surface area contributed by atoms with E-state index >= 15 is 0 Å². The summed E-state index contributed by atoms with van der Waals surface area (Å²) >= 11 is 0. The number of ether oxygens (including phenoxy) is 4. The Hall–Kier alpha value is -2.01. The molecule has 1 aliphatic heterocycles. The Labute approximate surface area is 137 Å². The molecule has 0 aromatic heterocycles. The molecule has 0 fully saturated rings. The summed E-state index contributed by atoms with van der Waals surface area (Å²) in [5.41, 5.74) is 2.71. The Balaban J connectivity index is 2.26. The summed E-state index contributed by atoms with van der Waals surface area (Å²) < 4.78 is 21.5. The van der Waals surface area contributed by atoms with Crippen LogP contribution in [0.15, 0.2) is 23.8 Å². The van der Waals surface area contributed by atoms with Crippen molar-refractivity contribution in [1.29, 1.82) is 0 Å². The van der Waals surface area contributed by atoms with Gasteiger partial charge in [-0.05, 0) is 44.7 Å². The quantitative estimate of drug-likeness (QED) is 0.439. The van der Waals surface area contributed by atoms with Gasteiger partial charge in [-0.3, -0.25) is 0 Å². The molecule has 0 N–H and O–H groups in total. The number of carbonyl (C=O) groups is 1. The number of hydrogen-bond acceptors (Lipinski definition) is 5. The average molecular weight is 320 g/mol. The van der Waals surface area contributed by atoms with Crippen LogP contribution in [0.2, 0.25) is 0 Å². The maximum atomic E-state index is 11.7. The number of methoxy groups -OCH3 is 1. The highest BCUT2D eigenvalue weighted by molar-refractivity contribution is 5.87. The van der Waals surface area contributed by atoms with E-state index in [9.17, 15) is 4.79 Å². The molecule has 0 radical (unpaired) electrons. The van der Waals surface area contributed by atoms with E-state index in [-0.39, 0.29) is 12.8 Å². The molecule has 0 atom stereocenters. The zero-order valence-electron chi connectivity index (χ0n) is 14.0. The van der Waals surface area contributed by atoms with Crippen LogP contribution in [-0.4, -0.2) is 33.1 Å². The first-order valence-electron chi connectivity index (χ1n) is 7.90. The molecule has 1 heterocycles. The van der Waals surface area contributed by atoms with Gasteiger partial charge in [0.05, 0.1) is 13.2 Å². The number of fused-ring (bicyclic) bond motifs is 1. The fraction of sp³-hybridized carbons (Fsp3) is 0.500. The van der Waals surface area contributed by atoms with Crippen LogP contribution in [-0.2, 0) is 27.1 Å². The number of rotatable bonds is 7. The van der Waals surface area contributed by atoms with Crippen LogP contribution < -0.4 is 9.47 Å². The lowest BCUT2D eigenvalue weighted by molar-refractivity contribution is -0.138. The minimum absolute atomic E-state index is 0.173. The van der Waals surface area contributed by atoms with E-state index in [1.807, 2.05) is 18.2 Å². The Morgan fingerprint density at radius 2 is 2.22 bits per heavy atom. The van der Waals surface area contributed by atoms with Crippen LogP contribution >= 0.6 is 0 Å². The Morgan fingerprint density at radius 3 is 2.96 bits per heavy atom. The number of benzene rings is 1. The van der Waals surface area contributed by atoms with Crippen molar-refractivity contribution in [1.82, 2.24) is 0 Å². The van der Waals surface area contributed by atoms with Crippen molar-refractivity contribution in [2.75, 3.05) is 27.1 Å². The lowest BCUT2D eigenvalue weighted by Crippen LogP contribution is -2.12. The molecule has 0 bridgehead atoms. The van der Waals surface area contributed by atoms with Crippen molar-refractivity contribution in [2.24, 2.45) is 0 Å². The van der Waals surface area contributed by atoms with Crippen LogP contribution in [0.3, 0.4) is 0 Å². The van der Waals surface area contributed by atoms with Gasteiger partial charge in [-0.15, -0.1) is 0 Å². The second-order valence-electron chi connectivity index (χ2n) is 5.35. The van der Waals surface area contributed by atoms with Gasteiger partial charge < -0.3 is 18.9 Å². The summed E-state index contributed by atoms with van der Waals surface area (Å²) in [5, 5.41) is 0. The maximum Gasteiger partial charge on any atom is 0.333 e. The fourth-order valence-electron chi connectivity index (χ4n) is 2.51. The van der Waals surface area contributed by atoms with E-state index in [1.54, 1.807) is 21.0 Å². The number of esters is 1. The minimum Gasteiger partial charge on any atom is -0.493 e. The number of allylic oxidation sites excluding steroid dienone is 1. The van der Waals surface area contributed by atoms with Gasteiger partial charge in [0.2, 0.25) is 0 Å². The molecule has 0 saturated carbocycles. The number of aryl methyl sites for hydroxylation is 1. The molecule has 2 rings (SSSR count). The van der Waals surface area contributed by atoms with Crippen molar-refractivity contribution in [2.45, 2.75) is 33.1 Å². The van der Waals surface area contributed by atoms with Gasteiger partial charge in [0.1, 0.15) is 11.5 Å². The normalized spacial score (nSPS) is 14.0. The third kappa shape index (κ3) is 4.48. The summed E-state index contributed by atoms with van der Waals surface area (Å²) in [5.74, 6) is 1.30. The Morgan fingerprint density at radius 1 is 1.39 bits per heavy atom.